The van der Waals surface area contributed by atoms with Crippen LogP contribution in [-0.2, 0) is 16.2 Å². The Morgan fingerprint density at radius 1 is 0.492 bits per heavy atom. The number of aryl methyl sites for hydroxylation is 4. The first kappa shape index (κ1) is 43.5. The zero-order chi connectivity index (χ0) is 46.2. The second kappa shape index (κ2) is 16.0. The fourth-order valence-corrected chi connectivity index (χ4v) is 9.97. The van der Waals surface area contributed by atoms with Crippen molar-refractivity contribution in [1.29, 1.82) is 0 Å². The van der Waals surface area contributed by atoms with Crippen LogP contribution in [0.3, 0.4) is 0 Å². The third kappa shape index (κ3) is 7.94. The smallest absolute Gasteiger partial charge is 0.149 e. The Kier molecular flexibility index (Phi) is 10.7. The molecule has 2 aromatic heterocycles. The fraction of sp³-hybridized carbons (Fsp3) is 0.246. The number of hydrogen-bond donors (Lipinski definition) is 1. The first-order chi connectivity index (χ1) is 30.8. The molecule has 4 heteroatoms. The maximum atomic E-state index is 11.8. The minimum absolute atomic E-state index is 0.0132. The quantitative estimate of drug-likeness (QED) is 0.174. The number of nitrogens with zero attached hydrogens (tertiary/aromatic N) is 3. The summed E-state index contributed by atoms with van der Waals surface area (Å²) in [6, 6.07) is 50.4. The van der Waals surface area contributed by atoms with Crippen molar-refractivity contribution in [3.63, 3.8) is 0 Å². The second-order valence-corrected chi connectivity index (χ2v) is 20.9. The molecule has 9 rings (SSSR count). The lowest BCUT2D eigenvalue weighted by atomic mass is 9.76. The summed E-state index contributed by atoms with van der Waals surface area (Å²) in [4.78, 5) is 10.7. The van der Waals surface area contributed by atoms with Gasteiger partial charge >= 0.3 is 0 Å². The van der Waals surface area contributed by atoms with Crippen molar-refractivity contribution in [2.24, 2.45) is 0 Å². The van der Waals surface area contributed by atoms with E-state index in [-0.39, 0.29) is 22.0 Å². The van der Waals surface area contributed by atoms with Crippen LogP contribution in [0, 0.1) is 27.7 Å². The lowest BCUT2D eigenvalue weighted by molar-refractivity contribution is 0.475. The van der Waals surface area contributed by atoms with Crippen molar-refractivity contribution in [2.75, 3.05) is 0 Å². The number of fused-ring (bicyclic) bond motifs is 2. The fourth-order valence-electron chi connectivity index (χ4n) is 9.97. The van der Waals surface area contributed by atoms with E-state index in [4.69, 9.17) is 9.97 Å². The molecule has 0 spiro atoms. The zero-order valence-electron chi connectivity index (χ0n) is 40.1. The molecule has 0 radical (unpaired) electrons. The highest BCUT2D eigenvalue weighted by molar-refractivity contribution is 6.02. The topological polar surface area (TPSA) is 50.9 Å². The van der Waals surface area contributed by atoms with Crippen LogP contribution in [0.15, 0.2) is 146 Å². The number of hydrogen-bond acceptors (Lipinski definition) is 3. The summed E-state index contributed by atoms with van der Waals surface area (Å²) < 4.78 is 2.26. The van der Waals surface area contributed by atoms with Gasteiger partial charge in [0.25, 0.3) is 0 Å². The van der Waals surface area contributed by atoms with E-state index in [1.807, 2.05) is 18.3 Å². The molecule has 7 aromatic carbocycles. The van der Waals surface area contributed by atoms with E-state index >= 15 is 0 Å². The van der Waals surface area contributed by atoms with Gasteiger partial charge in [-0.15, -0.1) is 0 Å². The largest absolute Gasteiger partial charge is 0.507 e. The minimum Gasteiger partial charge on any atom is -0.507 e. The molecular weight excluding hydrogens is 791 g/mol. The van der Waals surface area contributed by atoms with Crippen LogP contribution in [0.25, 0.3) is 72.4 Å². The van der Waals surface area contributed by atoms with E-state index in [9.17, 15) is 5.11 Å². The number of imidazole rings is 1. The third-order valence-corrected chi connectivity index (χ3v) is 13.5. The highest BCUT2D eigenvalue weighted by Crippen LogP contribution is 2.44. The number of rotatable bonds is 7. The van der Waals surface area contributed by atoms with Gasteiger partial charge in [-0.05, 0) is 148 Å². The summed E-state index contributed by atoms with van der Waals surface area (Å²) in [6.45, 7) is 26.7. The average molecular weight is 852 g/mol. The summed E-state index contributed by atoms with van der Waals surface area (Å²) in [6.07, 6.45) is 1.97. The maximum absolute atomic E-state index is 11.8. The molecule has 2 heterocycles. The van der Waals surface area contributed by atoms with E-state index in [1.54, 1.807) is 0 Å². The van der Waals surface area contributed by atoms with Gasteiger partial charge in [-0.2, -0.15) is 0 Å². The van der Waals surface area contributed by atoms with Gasteiger partial charge in [-0.3, -0.25) is 9.55 Å². The normalized spacial score (nSPS) is 12.4. The molecule has 326 valence electrons. The van der Waals surface area contributed by atoms with Gasteiger partial charge < -0.3 is 5.11 Å². The molecule has 0 saturated carbocycles. The molecule has 0 saturated heterocycles. The molecule has 0 amide bonds. The Hall–Kier alpha value is -6.78. The Labute approximate surface area is 385 Å². The summed E-state index contributed by atoms with van der Waals surface area (Å²) in [5.41, 5.74) is 20.5. The highest BCUT2D eigenvalue weighted by Gasteiger charge is 2.28. The van der Waals surface area contributed by atoms with Gasteiger partial charge in [-0.1, -0.05) is 152 Å². The molecule has 0 aliphatic heterocycles. The van der Waals surface area contributed by atoms with Gasteiger partial charge in [0.2, 0.25) is 0 Å². The van der Waals surface area contributed by atoms with E-state index in [1.165, 1.54) is 38.9 Å². The molecule has 9 aromatic rings. The first-order valence-corrected chi connectivity index (χ1v) is 23.0. The van der Waals surface area contributed by atoms with Gasteiger partial charge in [-0.25, -0.2) is 4.98 Å². The van der Waals surface area contributed by atoms with Crippen molar-refractivity contribution in [2.45, 2.75) is 99.3 Å². The monoisotopic (exact) mass is 851 g/mol. The van der Waals surface area contributed by atoms with Gasteiger partial charge in [0.05, 0.1) is 22.1 Å². The Bertz CT molecular complexity index is 3260. The zero-order valence-corrected chi connectivity index (χ0v) is 40.1. The summed E-state index contributed by atoms with van der Waals surface area (Å²) in [5.74, 6) is 0.895. The summed E-state index contributed by atoms with van der Waals surface area (Å²) in [7, 11) is 0. The highest BCUT2D eigenvalue weighted by atomic mass is 16.3. The number of phenols is 1. The molecule has 4 nitrogen and oxygen atoms in total. The van der Waals surface area contributed by atoms with Gasteiger partial charge in [0, 0.05) is 33.8 Å². The van der Waals surface area contributed by atoms with E-state index < -0.39 is 0 Å². The van der Waals surface area contributed by atoms with Crippen LogP contribution in [0.4, 0.5) is 0 Å². The number of aromatic hydroxyl groups is 1. The molecule has 0 aliphatic rings. The summed E-state index contributed by atoms with van der Waals surface area (Å²) >= 11 is 0. The molecular formula is C61H61N3O. The van der Waals surface area contributed by atoms with Gasteiger partial charge in [0.15, 0.2) is 0 Å². The standard InChI is InChI=1S/C61H61N3O/c1-37-29-39(3)55(40(4)30-37)43-34-50(42-32-38(2)31-41(33-42)48-19-16-20-49-52(27-28-62-56(48)49)61(11,12)45-17-14-13-15-18-45)57-53(35-43)64(47-24-21-44(22-25-47)59(5,6)7)58(63-57)51-36-46(60(8,9)10)23-26-54(51)65/h13-36,65H,1-12H3. The van der Waals surface area contributed by atoms with Crippen molar-refractivity contribution in [3.05, 3.63) is 190 Å². The number of aromatic nitrogens is 3. The van der Waals surface area contributed by atoms with Crippen molar-refractivity contribution < 1.29 is 5.11 Å². The van der Waals surface area contributed by atoms with Crippen LogP contribution in [-0.4, -0.2) is 19.6 Å². The lowest BCUT2D eigenvalue weighted by Gasteiger charge is -2.27. The van der Waals surface area contributed by atoms with E-state index in [2.05, 4.69) is 215 Å². The molecule has 1 N–H and O–H groups in total. The third-order valence-electron chi connectivity index (χ3n) is 13.5. The predicted octanol–water partition coefficient (Wildman–Crippen LogP) is 16.1. The number of phenolic OH excluding ortho intramolecular Hbond substituents is 1. The van der Waals surface area contributed by atoms with Crippen molar-refractivity contribution in [3.8, 4) is 56.2 Å². The van der Waals surface area contributed by atoms with Gasteiger partial charge in [0.1, 0.15) is 11.6 Å². The number of pyridine rings is 1. The number of benzene rings is 7. The average Bonchev–Trinajstić information content (AvgIpc) is 3.64. The van der Waals surface area contributed by atoms with E-state index in [0.717, 1.165) is 66.6 Å². The van der Waals surface area contributed by atoms with Crippen LogP contribution in [0.2, 0.25) is 0 Å². The predicted molar refractivity (Wildman–Crippen MR) is 275 cm³/mol. The molecule has 0 unspecified atom stereocenters. The minimum atomic E-state index is -0.235. The van der Waals surface area contributed by atoms with Crippen LogP contribution < -0.4 is 0 Å². The summed E-state index contributed by atoms with van der Waals surface area (Å²) in [5, 5.41) is 12.9. The van der Waals surface area contributed by atoms with Crippen LogP contribution >= 0.6 is 0 Å². The second-order valence-electron chi connectivity index (χ2n) is 20.9. The van der Waals surface area contributed by atoms with Crippen molar-refractivity contribution in [1.82, 2.24) is 14.5 Å². The van der Waals surface area contributed by atoms with Crippen LogP contribution in [0.1, 0.15) is 99.9 Å². The first-order valence-electron chi connectivity index (χ1n) is 23.0. The lowest BCUT2D eigenvalue weighted by Crippen LogP contribution is -2.19. The van der Waals surface area contributed by atoms with E-state index in [0.29, 0.717) is 11.4 Å². The molecule has 0 atom stereocenters. The Balaban J connectivity index is 1.35. The molecule has 0 fully saturated rings. The molecule has 0 aliphatic carbocycles. The van der Waals surface area contributed by atoms with Crippen LogP contribution in [0.5, 0.6) is 5.75 Å². The Morgan fingerprint density at radius 3 is 1.78 bits per heavy atom. The molecule has 0 bridgehead atoms. The number of para-hydroxylation sites is 1. The SMILES string of the molecule is Cc1cc(-c2cccc3c(C(C)(C)c4ccccc4)ccnc23)cc(-c2cc(-c3c(C)cc(C)cc3C)cc3c2nc(-c2cc(C(C)(C)C)ccc2O)n3-c2ccc(C(C)(C)C)cc2)c1. The van der Waals surface area contributed by atoms with Crippen molar-refractivity contribution >= 4 is 21.9 Å². The molecule has 65 heavy (non-hydrogen) atoms. The Morgan fingerprint density at radius 2 is 1.12 bits per heavy atom. The maximum Gasteiger partial charge on any atom is 0.149 e.